The largest absolute Gasteiger partial charge is 0.208 e. The van der Waals surface area contributed by atoms with Crippen LogP contribution in [0, 0.1) is 0 Å². The van der Waals surface area contributed by atoms with Gasteiger partial charge in [0.15, 0.2) is 17.5 Å². The second-order valence-corrected chi connectivity index (χ2v) is 12.4. The van der Waals surface area contributed by atoms with Crippen molar-refractivity contribution in [3.63, 3.8) is 0 Å². The van der Waals surface area contributed by atoms with Crippen LogP contribution < -0.4 is 0 Å². The Morgan fingerprint density at radius 1 is 0.200 bits per heavy atom. The average Bonchev–Trinajstić information content (AvgIpc) is 3.21. The standard InChI is InChI=1S/C47H31N3/c1-4-14-32(15-5-1)33-24-26-36(27-25-33)45-48-46(43-30-28-37(34-16-6-2-7-17-34)39-20-10-12-22-41(39)43)50-47(49-45)44-31-29-38(35-18-8-3-9-19-35)40-21-11-13-23-42(40)44/h1-31H. The summed E-state index contributed by atoms with van der Waals surface area (Å²) < 4.78 is 0. The zero-order valence-corrected chi connectivity index (χ0v) is 27.2. The van der Waals surface area contributed by atoms with Crippen molar-refractivity contribution in [2.75, 3.05) is 0 Å². The molecule has 3 heteroatoms. The third-order valence-corrected chi connectivity index (χ3v) is 9.39. The number of hydrogen-bond acceptors (Lipinski definition) is 3. The minimum atomic E-state index is 0.636. The lowest BCUT2D eigenvalue weighted by Crippen LogP contribution is -2.01. The highest BCUT2D eigenvalue weighted by Crippen LogP contribution is 2.38. The van der Waals surface area contributed by atoms with Gasteiger partial charge >= 0.3 is 0 Å². The SMILES string of the molecule is c1ccc(-c2ccc(-c3nc(-c4ccc(-c5ccccc5)c5ccccc45)nc(-c4ccc(-c5ccccc5)c5ccccc45)n3)cc2)cc1. The molecule has 0 bridgehead atoms. The zero-order chi connectivity index (χ0) is 33.3. The molecule has 0 saturated carbocycles. The van der Waals surface area contributed by atoms with Crippen molar-refractivity contribution in [3.8, 4) is 67.5 Å². The molecule has 9 aromatic rings. The molecule has 1 aromatic heterocycles. The van der Waals surface area contributed by atoms with Gasteiger partial charge in [0.05, 0.1) is 0 Å². The Morgan fingerprint density at radius 3 is 0.940 bits per heavy atom. The van der Waals surface area contributed by atoms with Crippen LogP contribution in [0.1, 0.15) is 0 Å². The monoisotopic (exact) mass is 637 g/mol. The average molecular weight is 638 g/mol. The molecular weight excluding hydrogens is 607 g/mol. The molecule has 0 N–H and O–H groups in total. The first-order valence-corrected chi connectivity index (χ1v) is 16.9. The molecule has 234 valence electrons. The molecule has 0 unspecified atom stereocenters. The van der Waals surface area contributed by atoms with Gasteiger partial charge in [-0.2, -0.15) is 0 Å². The van der Waals surface area contributed by atoms with Crippen molar-refractivity contribution in [2.45, 2.75) is 0 Å². The van der Waals surface area contributed by atoms with E-state index < -0.39 is 0 Å². The predicted molar refractivity (Wildman–Crippen MR) is 207 cm³/mol. The molecule has 0 atom stereocenters. The number of nitrogens with zero attached hydrogens (tertiary/aromatic N) is 3. The van der Waals surface area contributed by atoms with Crippen LogP contribution in [0.2, 0.25) is 0 Å². The van der Waals surface area contributed by atoms with Gasteiger partial charge in [0.25, 0.3) is 0 Å². The highest BCUT2D eigenvalue weighted by molar-refractivity contribution is 6.06. The topological polar surface area (TPSA) is 38.7 Å². The predicted octanol–water partition coefficient (Wildman–Crippen LogP) is 12.2. The smallest absolute Gasteiger partial charge is 0.164 e. The fourth-order valence-corrected chi connectivity index (χ4v) is 6.92. The molecule has 1 heterocycles. The third kappa shape index (κ3) is 5.41. The van der Waals surface area contributed by atoms with Crippen molar-refractivity contribution in [3.05, 3.63) is 188 Å². The number of fused-ring (bicyclic) bond motifs is 2. The highest BCUT2D eigenvalue weighted by atomic mass is 15.0. The zero-order valence-electron chi connectivity index (χ0n) is 27.2. The van der Waals surface area contributed by atoms with E-state index in [0.717, 1.165) is 43.8 Å². The van der Waals surface area contributed by atoms with E-state index in [9.17, 15) is 0 Å². The Labute approximate surface area is 291 Å². The van der Waals surface area contributed by atoms with E-state index >= 15 is 0 Å². The minimum absolute atomic E-state index is 0.636. The van der Waals surface area contributed by atoms with Crippen molar-refractivity contribution in [1.82, 2.24) is 15.0 Å². The first kappa shape index (κ1) is 29.4. The van der Waals surface area contributed by atoms with Gasteiger partial charge in [0.2, 0.25) is 0 Å². The Morgan fingerprint density at radius 2 is 0.500 bits per heavy atom. The van der Waals surface area contributed by atoms with Crippen LogP contribution >= 0.6 is 0 Å². The molecule has 0 fully saturated rings. The maximum absolute atomic E-state index is 5.25. The van der Waals surface area contributed by atoms with Crippen LogP contribution in [0.4, 0.5) is 0 Å². The van der Waals surface area contributed by atoms with Gasteiger partial charge in [-0.15, -0.1) is 0 Å². The molecule has 0 amide bonds. The summed E-state index contributed by atoms with van der Waals surface area (Å²) in [6.45, 7) is 0. The molecule has 3 nitrogen and oxygen atoms in total. The molecule has 0 aliphatic carbocycles. The van der Waals surface area contributed by atoms with E-state index in [-0.39, 0.29) is 0 Å². The van der Waals surface area contributed by atoms with Crippen LogP contribution in [0.25, 0.3) is 89.1 Å². The molecule has 0 radical (unpaired) electrons. The van der Waals surface area contributed by atoms with E-state index in [4.69, 9.17) is 15.0 Å². The fraction of sp³-hybridized carbons (Fsp3) is 0. The van der Waals surface area contributed by atoms with Gasteiger partial charge in [-0.3, -0.25) is 0 Å². The maximum Gasteiger partial charge on any atom is 0.164 e. The summed E-state index contributed by atoms with van der Waals surface area (Å²) in [6, 6.07) is 65.7. The van der Waals surface area contributed by atoms with Crippen LogP contribution in [-0.4, -0.2) is 15.0 Å². The Balaban J connectivity index is 1.26. The summed E-state index contributed by atoms with van der Waals surface area (Å²) in [6.07, 6.45) is 0. The summed E-state index contributed by atoms with van der Waals surface area (Å²) in [7, 11) is 0. The maximum atomic E-state index is 5.25. The first-order valence-electron chi connectivity index (χ1n) is 16.9. The summed E-state index contributed by atoms with van der Waals surface area (Å²) in [5.41, 5.74) is 9.90. The molecule has 0 saturated heterocycles. The second-order valence-electron chi connectivity index (χ2n) is 12.4. The van der Waals surface area contributed by atoms with Gasteiger partial charge in [0.1, 0.15) is 0 Å². The van der Waals surface area contributed by atoms with E-state index in [0.29, 0.717) is 17.5 Å². The lowest BCUT2D eigenvalue weighted by Gasteiger charge is -2.15. The Hall–Kier alpha value is -6.71. The molecular formula is C47H31N3. The van der Waals surface area contributed by atoms with Crippen molar-refractivity contribution < 1.29 is 0 Å². The van der Waals surface area contributed by atoms with Crippen LogP contribution in [-0.2, 0) is 0 Å². The normalized spacial score (nSPS) is 11.2. The molecule has 50 heavy (non-hydrogen) atoms. The highest BCUT2D eigenvalue weighted by Gasteiger charge is 2.18. The number of hydrogen-bond donors (Lipinski definition) is 0. The van der Waals surface area contributed by atoms with E-state index in [1.165, 1.54) is 27.8 Å². The third-order valence-electron chi connectivity index (χ3n) is 9.39. The lowest BCUT2D eigenvalue weighted by molar-refractivity contribution is 1.08. The van der Waals surface area contributed by atoms with Crippen molar-refractivity contribution in [1.29, 1.82) is 0 Å². The van der Waals surface area contributed by atoms with E-state index in [1.54, 1.807) is 0 Å². The van der Waals surface area contributed by atoms with Gasteiger partial charge in [0, 0.05) is 16.7 Å². The summed E-state index contributed by atoms with van der Waals surface area (Å²) in [5, 5.41) is 4.51. The molecule has 0 spiro atoms. The van der Waals surface area contributed by atoms with Gasteiger partial charge < -0.3 is 0 Å². The van der Waals surface area contributed by atoms with E-state index in [1.807, 2.05) is 6.07 Å². The number of aromatic nitrogens is 3. The Bertz CT molecular complexity index is 2470. The minimum Gasteiger partial charge on any atom is -0.208 e. The van der Waals surface area contributed by atoms with Gasteiger partial charge in [-0.25, -0.2) is 15.0 Å². The quantitative estimate of drug-likeness (QED) is 0.182. The summed E-state index contributed by atoms with van der Waals surface area (Å²) >= 11 is 0. The fourth-order valence-electron chi connectivity index (χ4n) is 6.92. The second kappa shape index (κ2) is 12.7. The lowest BCUT2D eigenvalue weighted by atomic mass is 9.94. The Kier molecular flexibility index (Phi) is 7.49. The first-order chi connectivity index (χ1) is 24.8. The molecule has 8 aromatic carbocycles. The number of rotatable bonds is 6. The van der Waals surface area contributed by atoms with Crippen LogP contribution in [0.3, 0.4) is 0 Å². The van der Waals surface area contributed by atoms with Crippen molar-refractivity contribution >= 4 is 21.5 Å². The summed E-state index contributed by atoms with van der Waals surface area (Å²) in [5.74, 6) is 1.92. The molecule has 0 aliphatic heterocycles. The van der Waals surface area contributed by atoms with Crippen molar-refractivity contribution in [2.24, 2.45) is 0 Å². The van der Waals surface area contributed by atoms with Crippen LogP contribution in [0.5, 0.6) is 0 Å². The van der Waals surface area contributed by atoms with E-state index in [2.05, 4.69) is 182 Å². The van der Waals surface area contributed by atoms with Gasteiger partial charge in [-0.05, 0) is 67.1 Å². The van der Waals surface area contributed by atoms with Crippen LogP contribution in [0.15, 0.2) is 188 Å². The summed E-state index contributed by atoms with van der Waals surface area (Å²) in [4.78, 5) is 15.6. The van der Waals surface area contributed by atoms with Gasteiger partial charge in [-0.1, -0.05) is 176 Å². The molecule has 0 aliphatic rings. The molecule has 9 rings (SSSR count). The number of benzene rings is 8.